The number of thiazole rings is 1. The van der Waals surface area contributed by atoms with E-state index in [1.54, 1.807) is 14.2 Å². The van der Waals surface area contributed by atoms with Gasteiger partial charge < -0.3 is 15.2 Å². The van der Waals surface area contributed by atoms with E-state index in [-0.39, 0.29) is 5.91 Å². The van der Waals surface area contributed by atoms with Crippen molar-refractivity contribution >= 4 is 49.6 Å². The Morgan fingerprint density at radius 2 is 1.87 bits per heavy atom. The lowest BCUT2D eigenvalue weighted by molar-refractivity contribution is 0.103. The van der Waals surface area contributed by atoms with E-state index >= 15 is 0 Å². The topological polar surface area (TPSA) is 99.4 Å². The number of ether oxygens (including phenoxy) is 2. The number of carbonyl (C=O) groups is 1. The summed E-state index contributed by atoms with van der Waals surface area (Å²) in [5, 5.41) is 6.05. The number of rotatable bonds is 5. The number of pyridine rings is 1. The number of benzene rings is 1. The van der Waals surface area contributed by atoms with E-state index in [1.165, 1.54) is 22.7 Å². The summed E-state index contributed by atoms with van der Waals surface area (Å²) < 4.78 is 10.6. The van der Waals surface area contributed by atoms with Crippen LogP contribution < -0.4 is 20.5 Å². The number of aromatic nitrogens is 2. The number of nitrogens with two attached hydrogens (primary N) is 1. The third-order valence-electron chi connectivity index (χ3n) is 4.63. The van der Waals surface area contributed by atoms with Crippen LogP contribution in [-0.4, -0.2) is 30.1 Å². The maximum absolute atomic E-state index is 12.9. The van der Waals surface area contributed by atoms with Crippen LogP contribution in [0.25, 0.3) is 21.5 Å². The van der Waals surface area contributed by atoms with Crippen LogP contribution in [0.4, 0.5) is 10.8 Å². The van der Waals surface area contributed by atoms with Crippen molar-refractivity contribution in [3.63, 3.8) is 0 Å². The first kappa shape index (κ1) is 20.1. The summed E-state index contributed by atoms with van der Waals surface area (Å²) in [5.41, 5.74) is 10.2. The maximum Gasteiger partial charge on any atom is 0.269 e. The van der Waals surface area contributed by atoms with Crippen LogP contribution in [0.3, 0.4) is 0 Å². The van der Waals surface area contributed by atoms with Crippen molar-refractivity contribution in [2.75, 3.05) is 25.3 Å². The molecule has 0 atom stereocenters. The van der Waals surface area contributed by atoms with Gasteiger partial charge in [-0.2, -0.15) is 0 Å². The van der Waals surface area contributed by atoms with E-state index in [9.17, 15) is 4.79 Å². The zero-order valence-corrected chi connectivity index (χ0v) is 18.5. The third-order valence-corrected chi connectivity index (χ3v) is 6.49. The van der Waals surface area contributed by atoms with Gasteiger partial charge in [0.15, 0.2) is 16.6 Å². The first-order chi connectivity index (χ1) is 14.4. The molecule has 4 aromatic rings. The van der Waals surface area contributed by atoms with Crippen molar-refractivity contribution in [1.29, 1.82) is 0 Å². The summed E-state index contributed by atoms with van der Waals surface area (Å²) >= 11 is 2.63. The fourth-order valence-corrected chi connectivity index (χ4v) is 5.08. The van der Waals surface area contributed by atoms with E-state index in [4.69, 9.17) is 15.2 Å². The number of methoxy groups -OCH3 is 2. The van der Waals surface area contributed by atoms with Gasteiger partial charge in [0.1, 0.15) is 9.71 Å². The van der Waals surface area contributed by atoms with Crippen LogP contribution in [0.5, 0.6) is 11.5 Å². The van der Waals surface area contributed by atoms with Crippen molar-refractivity contribution in [1.82, 2.24) is 9.97 Å². The first-order valence-corrected chi connectivity index (χ1v) is 10.8. The highest BCUT2D eigenvalue weighted by atomic mass is 32.1. The molecule has 0 spiro atoms. The Balaban J connectivity index is 1.60. The van der Waals surface area contributed by atoms with Crippen molar-refractivity contribution < 1.29 is 14.3 Å². The highest BCUT2D eigenvalue weighted by Crippen LogP contribution is 2.36. The van der Waals surface area contributed by atoms with E-state index in [1.807, 2.05) is 43.5 Å². The molecule has 7 nitrogen and oxygen atoms in total. The fraction of sp³-hybridized carbons (Fsp3) is 0.190. The zero-order valence-electron chi connectivity index (χ0n) is 16.9. The molecule has 30 heavy (non-hydrogen) atoms. The number of thiophene rings is 1. The van der Waals surface area contributed by atoms with Gasteiger partial charge in [0.2, 0.25) is 0 Å². The van der Waals surface area contributed by atoms with Gasteiger partial charge >= 0.3 is 0 Å². The maximum atomic E-state index is 12.9. The monoisotopic (exact) mass is 440 g/mol. The number of carbonyl (C=O) groups excluding carboxylic acids is 1. The number of hydrogen-bond acceptors (Lipinski definition) is 8. The van der Waals surface area contributed by atoms with Crippen molar-refractivity contribution in [2.24, 2.45) is 0 Å². The molecule has 0 unspecified atom stereocenters. The quantitative estimate of drug-likeness (QED) is 0.458. The van der Waals surface area contributed by atoms with Crippen molar-refractivity contribution in [2.45, 2.75) is 13.8 Å². The molecular weight excluding hydrogens is 420 g/mol. The SMILES string of the molecule is COc1ccc(-c2csc(NC(=O)c3sc4nc(C)cc(C)c4c3N)n2)cc1OC. The Morgan fingerprint density at radius 1 is 1.10 bits per heavy atom. The second-order valence-corrected chi connectivity index (χ2v) is 8.52. The molecular formula is C21H20N4O3S2. The van der Waals surface area contributed by atoms with Crippen molar-refractivity contribution in [3.8, 4) is 22.8 Å². The molecule has 0 radical (unpaired) electrons. The molecule has 4 rings (SSSR count). The number of nitrogens with one attached hydrogen (secondary N) is 1. The molecule has 0 fully saturated rings. The van der Waals surface area contributed by atoms with Crippen LogP contribution >= 0.6 is 22.7 Å². The first-order valence-electron chi connectivity index (χ1n) is 9.06. The zero-order chi connectivity index (χ0) is 21.4. The average molecular weight is 441 g/mol. The summed E-state index contributed by atoms with van der Waals surface area (Å²) in [7, 11) is 3.17. The minimum absolute atomic E-state index is 0.291. The molecule has 0 bridgehead atoms. The van der Waals surface area contributed by atoms with Crippen LogP contribution in [0.1, 0.15) is 20.9 Å². The lowest BCUT2D eigenvalue weighted by Gasteiger charge is -2.08. The van der Waals surface area contributed by atoms with Crippen LogP contribution in [0.2, 0.25) is 0 Å². The lowest BCUT2D eigenvalue weighted by atomic mass is 10.1. The Hall–Kier alpha value is -3.17. The van der Waals surface area contributed by atoms with Gasteiger partial charge in [-0.15, -0.1) is 22.7 Å². The summed E-state index contributed by atoms with van der Waals surface area (Å²) in [6.07, 6.45) is 0. The van der Waals surface area contributed by atoms with Gasteiger partial charge in [-0.1, -0.05) is 0 Å². The second-order valence-electron chi connectivity index (χ2n) is 6.67. The van der Waals surface area contributed by atoms with Gasteiger partial charge in [0, 0.05) is 22.0 Å². The van der Waals surface area contributed by atoms with Crippen molar-refractivity contribution in [3.05, 3.63) is 45.8 Å². The van der Waals surface area contributed by atoms with Gasteiger partial charge in [0.05, 0.1) is 25.6 Å². The number of amides is 1. The van der Waals surface area contributed by atoms with E-state index < -0.39 is 0 Å². The normalized spacial score (nSPS) is 10.9. The number of hydrogen-bond donors (Lipinski definition) is 2. The standard InChI is InChI=1S/C21H20N4O3S2/c1-10-7-11(2)23-20-16(10)17(22)18(30-20)19(26)25-21-24-13(9-29-21)12-5-6-14(27-3)15(8-12)28-4/h5-9H,22H2,1-4H3,(H,24,25,26). The van der Waals surface area contributed by atoms with Crippen LogP contribution in [0.15, 0.2) is 29.6 Å². The van der Waals surface area contributed by atoms with Crippen LogP contribution in [0, 0.1) is 13.8 Å². The molecule has 1 amide bonds. The molecule has 154 valence electrons. The molecule has 9 heteroatoms. The molecule has 0 aliphatic carbocycles. The molecule has 0 saturated heterocycles. The largest absolute Gasteiger partial charge is 0.493 e. The predicted octanol–water partition coefficient (Wildman–Crippen LogP) is 4.89. The third kappa shape index (κ3) is 3.57. The lowest BCUT2D eigenvalue weighted by Crippen LogP contribution is -2.11. The Kier molecular flexibility index (Phi) is 5.31. The summed E-state index contributed by atoms with van der Waals surface area (Å²) in [6.45, 7) is 3.89. The Labute approximate surface area is 181 Å². The number of aryl methyl sites for hydroxylation is 2. The van der Waals surface area contributed by atoms with Gasteiger partial charge in [-0.3, -0.25) is 10.1 Å². The molecule has 0 saturated carbocycles. The smallest absolute Gasteiger partial charge is 0.269 e. The van der Waals surface area contributed by atoms with E-state index in [2.05, 4.69) is 15.3 Å². The average Bonchev–Trinajstić information content (AvgIpc) is 3.31. The summed E-state index contributed by atoms with van der Waals surface area (Å²) in [6, 6.07) is 7.52. The molecule has 3 heterocycles. The molecule has 0 aliphatic rings. The number of anilines is 2. The van der Waals surface area contributed by atoms with Crippen LogP contribution in [-0.2, 0) is 0 Å². The number of nitrogen functional groups attached to an aromatic ring is 1. The summed E-state index contributed by atoms with van der Waals surface area (Å²) in [4.78, 5) is 23.1. The van der Waals surface area contributed by atoms with Gasteiger partial charge in [-0.25, -0.2) is 9.97 Å². The number of nitrogens with zero attached hydrogens (tertiary/aromatic N) is 2. The minimum Gasteiger partial charge on any atom is -0.493 e. The second kappa shape index (κ2) is 7.92. The molecule has 3 aromatic heterocycles. The Bertz CT molecular complexity index is 1260. The Morgan fingerprint density at radius 3 is 2.60 bits per heavy atom. The molecule has 3 N–H and O–H groups in total. The van der Waals surface area contributed by atoms with E-state index in [0.717, 1.165) is 32.7 Å². The number of fused-ring (bicyclic) bond motifs is 1. The predicted molar refractivity (Wildman–Crippen MR) is 122 cm³/mol. The molecule has 1 aromatic carbocycles. The molecule has 0 aliphatic heterocycles. The van der Waals surface area contributed by atoms with Gasteiger partial charge in [0.25, 0.3) is 5.91 Å². The summed E-state index contributed by atoms with van der Waals surface area (Å²) in [5.74, 6) is 0.968. The van der Waals surface area contributed by atoms with Gasteiger partial charge in [-0.05, 0) is 43.7 Å². The highest BCUT2D eigenvalue weighted by Gasteiger charge is 2.20. The van der Waals surface area contributed by atoms with E-state index in [0.29, 0.717) is 27.2 Å². The highest BCUT2D eigenvalue weighted by molar-refractivity contribution is 7.21. The minimum atomic E-state index is -0.291. The fourth-order valence-electron chi connectivity index (χ4n) is 3.25.